The van der Waals surface area contributed by atoms with Gasteiger partial charge in [0.25, 0.3) is 0 Å². The zero-order valence-corrected chi connectivity index (χ0v) is 11.2. The van der Waals surface area contributed by atoms with Crippen molar-refractivity contribution in [3.63, 3.8) is 0 Å². The number of benzene rings is 1. The summed E-state index contributed by atoms with van der Waals surface area (Å²) in [5.74, 6) is 2.06. The lowest BCUT2D eigenvalue weighted by Crippen LogP contribution is -2.41. The fourth-order valence-corrected chi connectivity index (χ4v) is 3.29. The molecule has 1 atom stereocenters. The molecule has 0 bridgehead atoms. The molecule has 1 unspecified atom stereocenters. The number of thioether (sulfide) groups is 1. The van der Waals surface area contributed by atoms with Crippen LogP contribution < -0.4 is 10.2 Å². The quantitative estimate of drug-likeness (QED) is 0.892. The highest BCUT2D eigenvalue weighted by Gasteiger charge is 2.23. The summed E-state index contributed by atoms with van der Waals surface area (Å²) < 4.78 is 14.1. The number of para-hydroxylation sites is 1. The molecule has 0 aromatic heterocycles. The van der Waals surface area contributed by atoms with Crippen molar-refractivity contribution in [3.8, 4) is 0 Å². The summed E-state index contributed by atoms with van der Waals surface area (Å²) >= 11 is 1.95. The summed E-state index contributed by atoms with van der Waals surface area (Å²) in [6, 6.07) is 5.75. The van der Waals surface area contributed by atoms with Gasteiger partial charge in [-0.25, -0.2) is 4.39 Å². The first-order valence-electron chi connectivity index (χ1n) is 6.00. The van der Waals surface area contributed by atoms with E-state index in [-0.39, 0.29) is 5.82 Å². The van der Waals surface area contributed by atoms with Gasteiger partial charge in [-0.3, -0.25) is 0 Å². The molecule has 1 heterocycles. The SMILES string of the molecule is CNCc1cccc(F)c1N1CCSCC1C. The van der Waals surface area contributed by atoms with E-state index in [1.807, 2.05) is 24.9 Å². The fourth-order valence-electron chi connectivity index (χ4n) is 2.27. The van der Waals surface area contributed by atoms with E-state index in [2.05, 4.69) is 17.1 Å². The Morgan fingerprint density at radius 2 is 2.35 bits per heavy atom. The summed E-state index contributed by atoms with van der Waals surface area (Å²) in [6.07, 6.45) is 0. The summed E-state index contributed by atoms with van der Waals surface area (Å²) in [4.78, 5) is 2.21. The minimum atomic E-state index is -0.100. The molecular weight excluding hydrogens is 235 g/mol. The summed E-state index contributed by atoms with van der Waals surface area (Å²) in [6.45, 7) is 3.81. The number of rotatable bonds is 3. The fraction of sp³-hybridized carbons (Fsp3) is 0.538. The Morgan fingerprint density at radius 3 is 3.06 bits per heavy atom. The summed E-state index contributed by atoms with van der Waals surface area (Å²) in [5, 5.41) is 3.11. The number of anilines is 1. The molecule has 0 radical (unpaired) electrons. The minimum Gasteiger partial charge on any atom is -0.365 e. The molecule has 2 nitrogen and oxygen atoms in total. The second kappa shape index (κ2) is 5.74. The molecule has 0 spiro atoms. The van der Waals surface area contributed by atoms with Crippen LogP contribution in [0.2, 0.25) is 0 Å². The molecule has 0 saturated carbocycles. The number of hydrogen-bond donors (Lipinski definition) is 1. The molecule has 1 fully saturated rings. The average molecular weight is 254 g/mol. The third-order valence-corrected chi connectivity index (χ3v) is 4.28. The molecule has 2 rings (SSSR count). The average Bonchev–Trinajstić information content (AvgIpc) is 2.31. The minimum absolute atomic E-state index is 0.100. The molecule has 1 aliphatic heterocycles. The molecule has 0 amide bonds. The van der Waals surface area contributed by atoms with Crippen LogP contribution in [0.3, 0.4) is 0 Å². The van der Waals surface area contributed by atoms with Gasteiger partial charge in [0.2, 0.25) is 0 Å². The van der Waals surface area contributed by atoms with Crippen molar-refractivity contribution in [2.45, 2.75) is 19.5 Å². The van der Waals surface area contributed by atoms with Crippen LogP contribution in [-0.4, -0.2) is 31.1 Å². The molecule has 0 aliphatic carbocycles. The van der Waals surface area contributed by atoms with E-state index in [9.17, 15) is 4.39 Å². The van der Waals surface area contributed by atoms with Crippen molar-refractivity contribution in [3.05, 3.63) is 29.6 Å². The zero-order valence-electron chi connectivity index (χ0n) is 10.4. The van der Waals surface area contributed by atoms with Gasteiger partial charge >= 0.3 is 0 Å². The van der Waals surface area contributed by atoms with Gasteiger partial charge in [-0.2, -0.15) is 11.8 Å². The van der Waals surface area contributed by atoms with Crippen LogP contribution in [0.5, 0.6) is 0 Å². The third-order valence-electron chi connectivity index (χ3n) is 3.09. The molecule has 1 saturated heterocycles. The maximum atomic E-state index is 14.1. The predicted octanol–water partition coefficient (Wildman–Crippen LogP) is 2.49. The van der Waals surface area contributed by atoms with Crippen LogP contribution in [0.25, 0.3) is 0 Å². The van der Waals surface area contributed by atoms with Crippen LogP contribution in [0.15, 0.2) is 18.2 Å². The van der Waals surface area contributed by atoms with Crippen molar-refractivity contribution < 1.29 is 4.39 Å². The highest BCUT2D eigenvalue weighted by atomic mass is 32.2. The van der Waals surface area contributed by atoms with E-state index in [0.717, 1.165) is 29.3 Å². The standard InChI is InChI=1S/C13H19FN2S/c1-10-9-17-7-6-16(10)13-11(8-15-2)4-3-5-12(13)14/h3-5,10,15H,6-9H2,1-2H3. The lowest BCUT2D eigenvalue weighted by molar-refractivity contribution is 0.598. The zero-order chi connectivity index (χ0) is 12.3. The first kappa shape index (κ1) is 12.7. The van der Waals surface area contributed by atoms with Gasteiger partial charge in [-0.1, -0.05) is 12.1 Å². The van der Waals surface area contributed by atoms with Crippen LogP contribution in [0, 0.1) is 5.82 Å². The third kappa shape index (κ3) is 2.75. The predicted molar refractivity (Wildman–Crippen MR) is 73.3 cm³/mol. The second-order valence-electron chi connectivity index (χ2n) is 4.40. The normalized spacial score (nSPS) is 20.6. The van der Waals surface area contributed by atoms with Crippen molar-refractivity contribution in [2.75, 3.05) is 30.0 Å². The Kier molecular flexibility index (Phi) is 4.29. The van der Waals surface area contributed by atoms with Gasteiger partial charge in [0.15, 0.2) is 0 Å². The maximum absolute atomic E-state index is 14.1. The van der Waals surface area contributed by atoms with Gasteiger partial charge in [0.05, 0.1) is 5.69 Å². The van der Waals surface area contributed by atoms with Crippen molar-refractivity contribution in [2.24, 2.45) is 0 Å². The largest absolute Gasteiger partial charge is 0.365 e. The van der Waals surface area contributed by atoms with Crippen molar-refractivity contribution >= 4 is 17.4 Å². The second-order valence-corrected chi connectivity index (χ2v) is 5.55. The highest BCUT2D eigenvalue weighted by Crippen LogP contribution is 2.29. The van der Waals surface area contributed by atoms with Gasteiger partial charge in [-0.15, -0.1) is 0 Å². The van der Waals surface area contributed by atoms with Gasteiger partial charge in [0, 0.05) is 30.6 Å². The topological polar surface area (TPSA) is 15.3 Å². The Morgan fingerprint density at radius 1 is 1.53 bits per heavy atom. The van der Waals surface area contributed by atoms with Crippen LogP contribution in [-0.2, 0) is 6.54 Å². The van der Waals surface area contributed by atoms with Gasteiger partial charge in [0.1, 0.15) is 5.82 Å². The van der Waals surface area contributed by atoms with E-state index in [0.29, 0.717) is 12.6 Å². The van der Waals surface area contributed by atoms with E-state index >= 15 is 0 Å². The molecule has 94 valence electrons. The number of hydrogen-bond acceptors (Lipinski definition) is 3. The molecule has 4 heteroatoms. The highest BCUT2D eigenvalue weighted by molar-refractivity contribution is 7.99. The van der Waals surface area contributed by atoms with E-state index in [1.165, 1.54) is 0 Å². The number of nitrogens with one attached hydrogen (secondary N) is 1. The summed E-state index contributed by atoms with van der Waals surface area (Å²) in [7, 11) is 1.89. The molecule has 17 heavy (non-hydrogen) atoms. The molecule has 1 aromatic carbocycles. The van der Waals surface area contributed by atoms with Gasteiger partial charge in [-0.05, 0) is 25.6 Å². The summed E-state index contributed by atoms with van der Waals surface area (Å²) in [5.41, 5.74) is 1.83. The molecule has 1 aliphatic rings. The van der Waals surface area contributed by atoms with Crippen LogP contribution >= 0.6 is 11.8 Å². The molecule has 1 aromatic rings. The van der Waals surface area contributed by atoms with E-state index < -0.39 is 0 Å². The number of halogens is 1. The van der Waals surface area contributed by atoms with Crippen LogP contribution in [0.1, 0.15) is 12.5 Å². The Hall–Kier alpha value is -0.740. The van der Waals surface area contributed by atoms with Crippen molar-refractivity contribution in [1.29, 1.82) is 0 Å². The smallest absolute Gasteiger partial charge is 0.146 e. The van der Waals surface area contributed by atoms with Crippen LogP contribution in [0.4, 0.5) is 10.1 Å². The lowest BCUT2D eigenvalue weighted by atomic mass is 10.1. The Balaban J connectivity index is 2.34. The number of nitrogens with zero attached hydrogens (tertiary/aromatic N) is 1. The lowest BCUT2D eigenvalue weighted by Gasteiger charge is -2.36. The molecular formula is C13H19FN2S. The van der Waals surface area contributed by atoms with E-state index in [1.54, 1.807) is 12.1 Å². The Labute approximate surface area is 107 Å². The Bertz CT molecular complexity index is 384. The van der Waals surface area contributed by atoms with Crippen molar-refractivity contribution in [1.82, 2.24) is 5.32 Å². The van der Waals surface area contributed by atoms with E-state index in [4.69, 9.17) is 0 Å². The molecule has 1 N–H and O–H groups in total. The first-order chi connectivity index (χ1) is 8.24. The monoisotopic (exact) mass is 254 g/mol. The first-order valence-corrected chi connectivity index (χ1v) is 7.16. The maximum Gasteiger partial charge on any atom is 0.146 e. The van der Waals surface area contributed by atoms with Gasteiger partial charge < -0.3 is 10.2 Å².